The number of anilines is 2. The Bertz CT molecular complexity index is 1350. The number of aromatic nitrogens is 3. The van der Waals surface area contributed by atoms with Gasteiger partial charge in [0, 0.05) is 43.4 Å². The van der Waals surface area contributed by atoms with E-state index in [4.69, 9.17) is 9.47 Å². The van der Waals surface area contributed by atoms with E-state index in [9.17, 15) is 13.7 Å². The van der Waals surface area contributed by atoms with Gasteiger partial charge in [0.2, 0.25) is 5.95 Å². The smallest absolute Gasteiger partial charge is 0.227 e. The summed E-state index contributed by atoms with van der Waals surface area (Å²) in [7, 11) is -3.04. The summed E-state index contributed by atoms with van der Waals surface area (Å²) >= 11 is 0. The molecule has 1 aliphatic heterocycles. The number of rotatable bonds is 10. The lowest BCUT2D eigenvalue weighted by atomic mass is 10.1. The first kappa shape index (κ1) is 26.5. The van der Waals surface area contributed by atoms with Gasteiger partial charge >= 0.3 is 0 Å². The molecule has 0 amide bonds. The summed E-state index contributed by atoms with van der Waals surface area (Å²) in [5, 5.41) is 16.0. The molecule has 194 valence electrons. The third-order valence-electron chi connectivity index (χ3n) is 5.78. The van der Waals surface area contributed by atoms with E-state index in [1.807, 2.05) is 31.2 Å². The predicted molar refractivity (Wildman–Crippen MR) is 140 cm³/mol. The van der Waals surface area contributed by atoms with Crippen LogP contribution in [0.3, 0.4) is 0 Å². The lowest BCUT2D eigenvalue weighted by molar-refractivity contribution is 0.0254. The highest BCUT2D eigenvalue weighted by Gasteiger charge is 2.18. The maximum Gasteiger partial charge on any atom is 0.227 e. The number of benzene rings is 1. The Morgan fingerprint density at radius 2 is 2.00 bits per heavy atom. The standard InChI is InChI=1S/C26H30N6O4S/c1-18(17-37(2,33)34)29-15-21-4-5-22(16-30-21)31-26-28-10-7-24(32-26)19-3-6-25(20(13-19)14-27)36-23-8-11-35-12-9-23/h3-7,10,13,16,18,23,29H,8-9,11-12,15,17H2,1-2H3,(H,28,31,32). The Morgan fingerprint density at radius 1 is 1.19 bits per heavy atom. The summed E-state index contributed by atoms with van der Waals surface area (Å²) in [5.41, 5.74) is 3.40. The van der Waals surface area contributed by atoms with Crippen molar-refractivity contribution in [3.8, 4) is 23.1 Å². The molecule has 1 aliphatic rings. The molecule has 1 aromatic carbocycles. The Kier molecular flexibility index (Phi) is 8.66. The van der Waals surface area contributed by atoms with Crippen molar-refractivity contribution in [2.45, 2.75) is 38.5 Å². The zero-order chi connectivity index (χ0) is 26.3. The zero-order valence-electron chi connectivity index (χ0n) is 20.8. The van der Waals surface area contributed by atoms with Crippen LogP contribution in [0.4, 0.5) is 11.6 Å². The minimum Gasteiger partial charge on any atom is -0.489 e. The van der Waals surface area contributed by atoms with Gasteiger partial charge in [0.15, 0.2) is 0 Å². The number of nitrogens with zero attached hydrogens (tertiary/aromatic N) is 4. The van der Waals surface area contributed by atoms with Gasteiger partial charge in [-0.3, -0.25) is 4.98 Å². The molecule has 11 heteroatoms. The van der Waals surface area contributed by atoms with Gasteiger partial charge in [0.05, 0.1) is 47.8 Å². The molecule has 3 heterocycles. The van der Waals surface area contributed by atoms with Crippen LogP contribution in [0, 0.1) is 11.3 Å². The molecule has 3 aromatic rings. The van der Waals surface area contributed by atoms with Gasteiger partial charge in [0.25, 0.3) is 0 Å². The van der Waals surface area contributed by atoms with Gasteiger partial charge in [0.1, 0.15) is 27.8 Å². The van der Waals surface area contributed by atoms with Gasteiger partial charge in [-0.25, -0.2) is 18.4 Å². The third-order valence-corrected chi connectivity index (χ3v) is 6.88. The van der Waals surface area contributed by atoms with E-state index in [1.54, 1.807) is 24.5 Å². The summed E-state index contributed by atoms with van der Waals surface area (Å²) in [5.74, 6) is 1.03. The van der Waals surface area contributed by atoms with Crippen LogP contribution < -0.4 is 15.4 Å². The number of nitriles is 1. The Labute approximate surface area is 217 Å². The van der Waals surface area contributed by atoms with E-state index in [0.29, 0.717) is 48.4 Å². The van der Waals surface area contributed by atoms with Crippen molar-refractivity contribution in [3.05, 3.63) is 60.0 Å². The molecule has 10 nitrogen and oxygen atoms in total. The van der Waals surface area contributed by atoms with E-state index in [-0.39, 0.29) is 17.9 Å². The van der Waals surface area contributed by atoms with Crippen LogP contribution in [0.2, 0.25) is 0 Å². The monoisotopic (exact) mass is 522 g/mol. The Balaban J connectivity index is 1.40. The lowest BCUT2D eigenvalue weighted by Crippen LogP contribution is -2.32. The summed E-state index contributed by atoms with van der Waals surface area (Å²) < 4.78 is 34.2. The zero-order valence-corrected chi connectivity index (χ0v) is 21.7. The quantitative estimate of drug-likeness (QED) is 0.408. The highest BCUT2D eigenvalue weighted by atomic mass is 32.2. The van der Waals surface area contributed by atoms with Crippen molar-refractivity contribution in [1.29, 1.82) is 5.26 Å². The molecule has 0 bridgehead atoms. The largest absolute Gasteiger partial charge is 0.489 e. The van der Waals surface area contributed by atoms with Crippen LogP contribution in [-0.2, 0) is 21.1 Å². The average Bonchev–Trinajstić information content (AvgIpc) is 2.88. The van der Waals surface area contributed by atoms with Crippen LogP contribution in [0.5, 0.6) is 5.75 Å². The molecule has 4 rings (SSSR count). The van der Waals surface area contributed by atoms with E-state index >= 15 is 0 Å². The molecule has 2 aromatic heterocycles. The minimum absolute atomic E-state index is 0.0493. The normalized spacial score (nSPS) is 15.1. The van der Waals surface area contributed by atoms with Gasteiger partial charge in [-0.1, -0.05) is 0 Å². The van der Waals surface area contributed by atoms with Crippen molar-refractivity contribution >= 4 is 21.5 Å². The predicted octanol–water partition coefficient (Wildman–Crippen LogP) is 3.23. The Morgan fingerprint density at radius 3 is 2.70 bits per heavy atom. The fourth-order valence-electron chi connectivity index (χ4n) is 3.96. The summed E-state index contributed by atoms with van der Waals surface area (Å²) in [4.78, 5) is 13.3. The fraction of sp³-hybridized carbons (Fsp3) is 0.385. The maximum atomic E-state index is 11.4. The van der Waals surface area contributed by atoms with Crippen LogP contribution in [0.1, 0.15) is 31.0 Å². The molecule has 1 unspecified atom stereocenters. The molecule has 37 heavy (non-hydrogen) atoms. The molecule has 2 N–H and O–H groups in total. The summed E-state index contributed by atoms with van der Waals surface area (Å²) in [6.45, 7) is 3.62. The SMILES string of the molecule is CC(CS(C)(=O)=O)NCc1ccc(Nc2nccc(-c3ccc(OC4CCOCC4)c(C#N)c3)n2)cn1. The van der Waals surface area contributed by atoms with Gasteiger partial charge in [-0.05, 0) is 43.3 Å². The first-order valence-corrected chi connectivity index (χ1v) is 14.1. The van der Waals surface area contributed by atoms with Crippen LogP contribution in [0.25, 0.3) is 11.3 Å². The van der Waals surface area contributed by atoms with Crippen molar-refractivity contribution in [3.63, 3.8) is 0 Å². The first-order chi connectivity index (χ1) is 17.8. The number of sulfone groups is 1. The number of ether oxygens (including phenoxy) is 2. The summed E-state index contributed by atoms with van der Waals surface area (Å²) in [6.07, 6.45) is 6.21. The first-order valence-electron chi connectivity index (χ1n) is 12.0. The minimum atomic E-state index is -3.04. The second-order valence-electron chi connectivity index (χ2n) is 9.06. The molecule has 0 radical (unpaired) electrons. The van der Waals surface area contributed by atoms with E-state index in [2.05, 4.69) is 31.7 Å². The van der Waals surface area contributed by atoms with Crippen LogP contribution in [0.15, 0.2) is 48.8 Å². The molecule has 0 aliphatic carbocycles. The number of pyridine rings is 1. The molecular formula is C26H30N6O4S. The lowest BCUT2D eigenvalue weighted by Gasteiger charge is -2.23. The molecule has 1 saturated heterocycles. The van der Waals surface area contributed by atoms with Crippen LogP contribution >= 0.6 is 0 Å². The van der Waals surface area contributed by atoms with E-state index < -0.39 is 9.84 Å². The number of hydrogen-bond donors (Lipinski definition) is 2. The second kappa shape index (κ2) is 12.1. The van der Waals surface area contributed by atoms with Crippen molar-refractivity contribution in [2.24, 2.45) is 0 Å². The molecule has 0 saturated carbocycles. The highest BCUT2D eigenvalue weighted by molar-refractivity contribution is 7.90. The van der Waals surface area contributed by atoms with Crippen molar-refractivity contribution < 1.29 is 17.9 Å². The third kappa shape index (κ3) is 7.95. The second-order valence-corrected chi connectivity index (χ2v) is 11.2. The number of nitrogens with one attached hydrogen (secondary N) is 2. The maximum absolute atomic E-state index is 11.4. The number of hydrogen-bond acceptors (Lipinski definition) is 10. The van der Waals surface area contributed by atoms with Crippen molar-refractivity contribution in [1.82, 2.24) is 20.3 Å². The molecule has 0 spiro atoms. The van der Waals surface area contributed by atoms with Gasteiger partial charge < -0.3 is 20.1 Å². The van der Waals surface area contributed by atoms with Gasteiger partial charge in [-0.15, -0.1) is 0 Å². The van der Waals surface area contributed by atoms with Crippen LogP contribution in [-0.4, -0.2) is 60.7 Å². The molecular weight excluding hydrogens is 492 g/mol. The molecule has 1 fully saturated rings. The summed E-state index contributed by atoms with van der Waals surface area (Å²) in [6, 6.07) is 13.0. The fourth-order valence-corrected chi connectivity index (χ4v) is 4.98. The van der Waals surface area contributed by atoms with Crippen molar-refractivity contribution in [2.75, 3.05) is 30.5 Å². The topological polar surface area (TPSA) is 139 Å². The van der Waals surface area contributed by atoms with E-state index in [1.165, 1.54) is 6.26 Å². The average molecular weight is 523 g/mol. The highest BCUT2D eigenvalue weighted by Crippen LogP contribution is 2.28. The van der Waals surface area contributed by atoms with Gasteiger partial charge in [-0.2, -0.15) is 5.26 Å². The molecule has 1 atom stereocenters. The Hall–Kier alpha value is -3.59. The van der Waals surface area contributed by atoms with E-state index in [0.717, 1.165) is 24.1 Å².